The molecule has 2 N–H and O–H groups in total. The number of ether oxygens (including phenoxy) is 1. The lowest BCUT2D eigenvalue weighted by atomic mass is 10.1. The molecule has 1 aromatic heterocycles. The van der Waals surface area contributed by atoms with Gasteiger partial charge in [-0.05, 0) is 30.4 Å². The number of cyclic esters (lactones) is 1. The molecule has 8 nitrogen and oxygen atoms in total. The molecular weight excluding hydrogens is 337 g/mol. The minimum absolute atomic E-state index is 0.0747. The van der Waals surface area contributed by atoms with Gasteiger partial charge in [0.05, 0.1) is 24.3 Å². The topological polar surface area (TPSA) is 92.5 Å². The molecule has 0 bridgehead atoms. The molecule has 2 aromatic rings. The molecule has 0 aliphatic carbocycles. The van der Waals surface area contributed by atoms with E-state index in [1.807, 2.05) is 0 Å². The molecule has 1 aliphatic heterocycles. The lowest BCUT2D eigenvalue weighted by Gasteiger charge is -2.14. The SMILES string of the molecule is CNC(=S)NCC1CN(c2ccc(-c3ncno3)c(F)c2)C(=O)O1. The Morgan fingerprint density at radius 1 is 1.54 bits per heavy atom. The van der Waals surface area contributed by atoms with Crippen molar-refractivity contribution < 1.29 is 18.4 Å². The van der Waals surface area contributed by atoms with Gasteiger partial charge in [0.1, 0.15) is 11.9 Å². The summed E-state index contributed by atoms with van der Waals surface area (Å²) in [6, 6.07) is 4.31. The lowest BCUT2D eigenvalue weighted by molar-refractivity contribution is 0.143. The average molecular weight is 351 g/mol. The van der Waals surface area contributed by atoms with Gasteiger partial charge in [0, 0.05) is 7.05 Å². The number of carbonyl (C=O) groups is 1. The van der Waals surface area contributed by atoms with Gasteiger partial charge in [-0.15, -0.1) is 0 Å². The van der Waals surface area contributed by atoms with Crippen molar-refractivity contribution >= 4 is 29.1 Å². The van der Waals surface area contributed by atoms with Crippen molar-refractivity contribution in [3.63, 3.8) is 0 Å². The number of benzene rings is 1. The molecule has 1 amide bonds. The van der Waals surface area contributed by atoms with Crippen LogP contribution in [0.1, 0.15) is 0 Å². The van der Waals surface area contributed by atoms with Gasteiger partial charge in [-0.1, -0.05) is 5.16 Å². The van der Waals surface area contributed by atoms with E-state index >= 15 is 0 Å². The first-order valence-electron chi connectivity index (χ1n) is 7.09. The average Bonchev–Trinajstić information content (AvgIpc) is 3.22. The Kier molecular flexibility index (Phi) is 4.56. The summed E-state index contributed by atoms with van der Waals surface area (Å²) in [7, 11) is 1.69. The summed E-state index contributed by atoms with van der Waals surface area (Å²) in [5, 5.41) is 9.59. The minimum atomic E-state index is -0.567. The highest BCUT2D eigenvalue weighted by molar-refractivity contribution is 7.80. The molecule has 2 heterocycles. The van der Waals surface area contributed by atoms with Crippen LogP contribution in [-0.4, -0.2) is 47.6 Å². The zero-order valence-electron chi connectivity index (χ0n) is 12.7. The van der Waals surface area contributed by atoms with Crippen LogP contribution in [0.25, 0.3) is 11.5 Å². The molecule has 1 fully saturated rings. The van der Waals surface area contributed by atoms with E-state index < -0.39 is 11.9 Å². The fourth-order valence-corrected chi connectivity index (χ4v) is 2.35. The van der Waals surface area contributed by atoms with Crippen LogP contribution >= 0.6 is 12.2 Å². The first-order chi connectivity index (χ1) is 11.6. The zero-order valence-corrected chi connectivity index (χ0v) is 13.5. The third-order valence-electron chi connectivity index (χ3n) is 3.45. The highest BCUT2D eigenvalue weighted by Gasteiger charge is 2.32. The van der Waals surface area contributed by atoms with E-state index in [0.29, 0.717) is 17.3 Å². The maximum absolute atomic E-state index is 14.2. The smallest absolute Gasteiger partial charge is 0.414 e. The molecule has 1 saturated heterocycles. The molecule has 1 aromatic carbocycles. The number of anilines is 1. The van der Waals surface area contributed by atoms with Crippen LogP contribution in [-0.2, 0) is 4.74 Å². The molecule has 24 heavy (non-hydrogen) atoms. The van der Waals surface area contributed by atoms with E-state index in [1.54, 1.807) is 13.1 Å². The second-order valence-electron chi connectivity index (χ2n) is 4.99. The number of amides is 1. The zero-order chi connectivity index (χ0) is 17.1. The Balaban J connectivity index is 1.71. The number of hydrogen-bond donors (Lipinski definition) is 2. The molecule has 1 unspecified atom stereocenters. The third kappa shape index (κ3) is 3.27. The summed E-state index contributed by atoms with van der Waals surface area (Å²) >= 11 is 4.97. The number of halogens is 1. The molecule has 0 spiro atoms. The Morgan fingerprint density at radius 2 is 2.38 bits per heavy atom. The number of aromatic nitrogens is 2. The largest absolute Gasteiger partial charge is 0.442 e. The van der Waals surface area contributed by atoms with E-state index in [0.717, 1.165) is 0 Å². The van der Waals surface area contributed by atoms with E-state index in [9.17, 15) is 9.18 Å². The maximum Gasteiger partial charge on any atom is 0.414 e. The van der Waals surface area contributed by atoms with Crippen LogP contribution in [0.3, 0.4) is 0 Å². The minimum Gasteiger partial charge on any atom is -0.442 e. The highest BCUT2D eigenvalue weighted by atomic mass is 32.1. The third-order valence-corrected chi connectivity index (χ3v) is 3.80. The lowest BCUT2D eigenvalue weighted by Crippen LogP contribution is -2.39. The number of carbonyl (C=O) groups excluding carboxylic acids is 1. The van der Waals surface area contributed by atoms with Gasteiger partial charge in [-0.3, -0.25) is 4.90 Å². The van der Waals surface area contributed by atoms with Crippen molar-refractivity contribution in [1.29, 1.82) is 0 Å². The summed E-state index contributed by atoms with van der Waals surface area (Å²) in [4.78, 5) is 17.1. The van der Waals surface area contributed by atoms with Crippen LogP contribution < -0.4 is 15.5 Å². The van der Waals surface area contributed by atoms with E-state index in [2.05, 4.69) is 20.8 Å². The predicted octanol–water partition coefficient (Wildman–Crippen LogP) is 1.29. The first kappa shape index (κ1) is 16.1. The van der Waals surface area contributed by atoms with Crippen molar-refractivity contribution in [3.8, 4) is 11.5 Å². The second kappa shape index (κ2) is 6.79. The van der Waals surface area contributed by atoms with Crippen LogP contribution in [0.4, 0.5) is 14.9 Å². The van der Waals surface area contributed by atoms with Crippen molar-refractivity contribution in [1.82, 2.24) is 20.8 Å². The Bertz CT molecular complexity index is 755. The van der Waals surface area contributed by atoms with Gasteiger partial charge >= 0.3 is 6.09 Å². The van der Waals surface area contributed by atoms with Crippen LogP contribution in [0.5, 0.6) is 0 Å². The van der Waals surface area contributed by atoms with Crippen molar-refractivity contribution in [2.75, 3.05) is 25.0 Å². The van der Waals surface area contributed by atoms with Gasteiger partial charge in [0.25, 0.3) is 5.89 Å². The summed E-state index contributed by atoms with van der Waals surface area (Å²) < 4.78 is 24.3. The quantitative estimate of drug-likeness (QED) is 0.796. The van der Waals surface area contributed by atoms with Crippen molar-refractivity contribution in [2.45, 2.75) is 6.10 Å². The maximum atomic E-state index is 14.2. The summed E-state index contributed by atoms with van der Waals surface area (Å²) in [5.41, 5.74) is 0.556. The molecule has 0 radical (unpaired) electrons. The fourth-order valence-electron chi connectivity index (χ4n) is 2.27. The number of thiocarbonyl (C=S) groups is 1. The summed E-state index contributed by atoms with van der Waals surface area (Å²) in [5.74, 6) is -0.492. The van der Waals surface area contributed by atoms with Crippen molar-refractivity contribution in [2.24, 2.45) is 0 Å². The number of hydrogen-bond acceptors (Lipinski definition) is 6. The van der Waals surface area contributed by atoms with Gasteiger partial charge < -0.3 is 19.9 Å². The van der Waals surface area contributed by atoms with Gasteiger partial charge in [0.2, 0.25) is 0 Å². The van der Waals surface area contributed by atoms with Crippen LogP contribution in [0, 0.1) is 5.82 Å². The van der Waals surface area contributed by atoms with E-state index in [-0.39, 0.29) is 24.1 Å². The molecule has 1 aliphatic rings. The van der Waals surface area contributed by atoms with Gasteiger partial charge in [-0.2, -0.15) is 4.98 Å². The molecular formula is C14H14FN5O3S. The molecule has 0 saturated carbocycles. The standard InChI is InChI=1S/C14H14FN5O3S/c1-16-13(24)17-5-9-6-20(14(21)22-9)8-2-3-10(11(15)4-8)12-18-7-19-23-12/h2-4,7,9H,5-6H2,1H3,(H2,16,17,24). The number of nitrogens with zero attached hydrogens (tertiary/aromatic N) is 3. The Morgan fingerprint density at radius 3 is 3.04 bits per heavy atom. The van der Waals surface area contributed by atoms with Crippen molar-refractivity contribution in [3.05, 3.63) is 30.3 Å². The first-order valence-corrected chi connectivity index (χ1v) is 7.49. The fraction of sp³-hybridized carbons (Fsp3) is 0.286. The molecule has 10 heteroatoms. The number of nitrogens with one attached hydrogen (secondary N) is 2. The normalized spacial score (nSPS) is 16.8. The van der Waals surface area contributed by atoms with Gasteiger partial charge in [-0.25, -0.2) is 9.18 Å². The summed E-state index contributed by atoms with van der Waals surface area (Å²) in [6.07, 6.45) is 0.262. The van der Waals surface area contributed by atoms with Crippen LogP contribution in [0.2, 0.25) is 0 Å². The van der Waals surface area contributed by atoms with E-state index in [1.165, 1.54) is 23.4 Å². The van der Waals surface area contributed by atoms with Crippen LogP contribution in [0.15, 0.2) is 29.0 Å². The summed E-state index contributed by atoms with van der Waals surface area (Å²) in [6.45, 7) is 0.655. The molecule has 126 valence electrons. The molecule has 1 atom stereocenters. The highest BCUT2D eigenvalue weighted by Crippen LogP contribution is 2.27. The van der Waals surface area contributed by atoms with E-state index in [4.69, 9.17) is 21.5 Å². The monoisotopic (exact) mass is 351 g/mol. The predicted molar refractivity (Wildman–Crippen MR) is 87.0 cm³/mol. The Hall–Kier alpha value is -2.75. The Labute approximate surface area is 142 Å². The molecule has 3 rings (SSSR count). The van der Waals surface area contributed by atoms with Gasteiger partial charge in [0.15, 0.2) is 11.4 Å². The second-order valence-corrected chi connectivity index (χ2v) is 5.40. The number of rotatable bonds is 4.